The average Bonchev–Trinajstić information content (AvgIpc) is 2.27. The molecular formula is C13H14NO2+. The quantitative estimate of drug-likeness (QED) is 0.723. The number of fused-ring (bicyclic) bond motifs is 1. The van der Waals surface area contributed by atoms with Crippen LogP contribution in [0.5, 0.6) is 0 Å². The van der Waals surface area contributed by atoms with Gasteiger partial charge in [0.25, 0.3) is 0 Å². The van der Waals surface area contributed by atoms with Gasteiger partial charge in [0.1, 0.15) is 0 Å². The van der Waals surface area contributed by atoms with E-state index in [2.05, 4.69) is 18.8 Å². The smallest absolute Gasteiger partial charge is 0.560 e. The Kier molecular flexibility index (Phi) is 2.60. The fraction of sp³-hybridized carbons (Fsp3) is 0.231. The van der Waals surface area contributed by atoms with Gasteiger partial charge in [0.05, 0.1) is 5.52 Å². The number of hydrogen-bond acceptors (Lipinski definition) is 2. The van der Waals surface area contributed by atoms with Crippen molar-refractivity contribution in [1.29, 1.82) is 0 Å². The van der Waals surface area contributed by atoms with Crippen LogP contribution in [0.2, 0.25) is 0 Å². The van der Waals surface area contributed by atoms with Gasteiger partial charge in [0.2, 0.25) is 5.69 Å². The van der Waals surface area contributed by atoms with Crippen molar-refractivity contribution >= 4 is 16.9 Å². The molecule has 3 heteroatoms. The molecule has 0 aliphatic heterocycles. The Hall–Kier alpha value is -1.90. The number of carbonyl (C=O) groups excluding carboxylic acids is 1. The molecule has 0 fully saturated rings. The summed E-state index contributed by atoms with van der Waals surface area (Å²) < 4.78 is 0. The molecule has 1 aromatic carbocycles. The standard InChI is InChI=1S/C13H13NO2/c1-8(2)10-5-3-4-9-6-7-11(13(15)16)14-12(9)10/h3-8H,1-2H3,(H,15,16)/p+1. The third kappa shape index (κ3) is 1.76. The van der Waals surface area contributed by atoms with E-state index in [0.717, 1.165) is 16.5 Å². The maximum absolute atomic E-state index is 11.0. The Morgan fingerprint density at radius 3 is 2.62 bits per heavy atom. The monoisotopic (exact) mass is 216 g/mol. The fourth-order valence-corrected chi connectivity index (χ4v) is 1.76. The Labute approximate surface area is 93.7 Å². The lowest BCUT2D eigenvalue weighted by atomic mass is 9.99. The molecule has 0 saturated heterocycles. The van der Waals surface area contributed by atoms with Crippen LogP contribution in [0.1, 0.15) is 35.8 Å². The molecule has 0 saturated carbocycles. The molecule has 1 heterocycles. The normalized spacial score (nSPS) is 10.9. The highest BCUT2D eigenvalue weighted by atomic mass is 16.4. The van der Waals surface area contributed by atoms with Crippen molar-refractivity contribution < 1.29 is 9.90 Å². The van der Waals surface area contributed by atoms with Crippen LogP contribution < -0.4 is 0 Å². The lowest BCUT2D eigenvalue weighted by molar-refractivity contribution is 0.0691. The van der Waals surface area contributed by atoms with Gasteiger partial charge in [0, 0.05) is 10.2 Å². The fourth-order valence-electron chi connectivity index (χ4n) is 1.76. The van der Waals surface area contributed by atoms with E-state index in [1.807, 2.05) is 24.3 Å². The Morgan fingerprint density at radius 1 is 1.25 bits per heavy atom. The summed E-state index contributed by atoms with van der Waals surface area (Å²) in [5.74, 6) is -0.382. The van der Waals surface area contributed by atoms with E-state index in [-0.39, 0.29) is 5.69 Å². The largest absolute Gasteiger partial charge is 0.567 e. The van der Waals surface area contributed by atoms with Crippen molar-refractivity contribution in [3.63, 3.8) is 0 Å². The van der Waals surface area contributed by atoms with Crippen molar-refractivity contribution in [2.24, 2.45) is 0 Å². The Balaban J connectivity index is 2.73. The van der Waals surface area contributed by atoms with Gasteiger partial charge in [0.15, 0.2) is 0 Å². The molecule has 0 aliphatic carbocycles. The third-order valence-corrected chi connectivity index (χ3v) is 2.61. The summed E-state index contributed by atoms with van der Waals surface area (Å²) in [5.41, 5.74) is 2.15. The summed E-state index contributed by atoms with van der Waals surface area (Å²) in [4.78, 5) is 15.2. The first-order valence-electron chi connectivity index (χ1n) is 5.25. The lowest BCUT2D eigenvalue weighted by Crippen LogP contribution is -2.01. The minimum Gasteiger partial charge on any atom is -0.560 e. The van der Waals surface area contributed by atoms with Crippen LogP contribution in [0, 0.1) is 0 Å². The molecule has 16 heavy (non-hydrogen) atoms. The summed E-state index contributed by atoms with van der Waals surface area (Å²) in [7, 11) is 0. The number of carbonyl (C=O) groups is 1. The molecule has 0 spiro atoms. The average molecular weight is 216 g/mol. The van der Waals surface area contributed by atoms with Gasteiger partial charge < -0.3 is 5.11 Å². The molecule has 82 valence electrons. The van der Waals surface area contributed by atoms with E-state index in [1.54, 1.807) is 6.07 Å². The molecule has 0 unspecified atom stereocenters. The van der Waals surface area contributed by atoms with Crippen molar-refractivity contribution in [3.05, 3.63) is 41.6 Å². The number of aromatic nitrogens is 1. The summed E-state index contributed by atoms with van der Waals surface area (Å²) >= 11 is 0. The topological polar surface area (TPSA) is 52.9 Å². The van der Waals surface area contributed by atoms with Gasteiger partial charge in [-0.15, -0.1) is 0 Å². The maximum atomic E-state index is 11.0. The summed E-state index contributed by atoms with van der Waals surface area (Å²) in [5, 5.41) is 8.08. The van der Waals surface area contributed by atoms with Crippen molar-refractivity contribution in [2.75, 3.05) is 0 Å². The molecule has 0 bridgehead atoms. The van der Waals surface area contributed by atoms with E-state index >= 15 is 0 Å². The highest BCUT2D eigenvalue weighted by Crippen LogP contribution is 2.23. The van der Waals surface area contributed by atoms with Crippen LogP contribution in [-0.2, 0) is 0 Å². The number of nitrogens with zero attached hydrogens (tertiary/aromatic N) is 1. The molecule has 0 aliphatic rings. The number of rotatable bonds is 2. The first-order valence-corrected chi connectivity index (χ1v) is 5.25. The van der Waals surface area contributed by atoms with Gasteiger partial charge in [-0.3, -0.25) is 0 Å². The Morgan fingerprint density at radius 2 is 2.00 bits per heavy atom. The lowest BCUT2D eigenvalue weighted by Gasteiger charge is -2.08. The SMILES string of the molecule is CC(C)c1cccc2ccc(C(=O)[OH2+])nc12. The highest BCUT2D eigenvalue weighted by molar-refractivity contribution is 5.90. The molecule has 2 N–H and O–H groups in total. The number of para-hydroxylation sites is 1. The number of hydrogen-bond donors (Lipinski definition) is 0. The van der Waals surface area contributed by atoms with Crippen LogP contribution >= 0.6 is 0 Å². The van der Waals surface area contributed by atoms with Crippen LogP contribution in [0.3, 0.4) is 0 Å². The van der Waals surface area contributed by atoms with Crippen LogP contribution in [0.4, 0.5) is 0 Å². The zero-order valence-electron chi connectivity index (χ0n) is 9.32. The number of pyridine rings is 1. The maximum Gasteiger partial charge on any atom is 0.567 e. The van der Waals surface area contributed by atoms with Crippen molar-refractivity contribution in [2.45, 2.75) is 19.8 Å². The highest BCUT2D eigenvalue weighted by Gasteiger charge is 2.15. The van der Waals surface area contributed by atoms with Gasteiger partial charge in [-0.2, -0.15) is 0 Å². The van der Waals surface area contributed by atoms with Gasteiger partial charge in [-0.1, -0.05) is 38.1 Å². The second-order valence-corrected chi connectivity index (χ2v) is 4.10. The minimum absolute atomic E-state index is 0.209. The molecule has 2 aromatic rings. The van der Waals surface area contributed by atoms with E-state index in [1.165, 1.54) is 0 Å². The van der Waals surface area contributed by atoms with Gasteiger partial charge in [-0.05, 0) is 17.5 Å². The van der Waals surface area contributed by atoms with Crippen LogP contribution in [0.25, 0.3) is 10.9 Å². The molecule has 2 rings (SSSR count). The molecular weight excluding hydrogens is 202 g/mol. The zero-order chi connectivity index (χ0) is 11.7. The molecule has 1 aromatic heterocycles. The second-order valence-electron chi connectivity index (χ2n) is 4.10. The van der Waals surface area contributed by atoms with Crippen molar-refractivity contribution in [3.8, 4) is 0 Å². The molecule has 0 amide bonds. The Bertz CT molecular complexity index is 547. The first kappa shape index (κ1) is 10.6. The predicted octanol–water partition coefficient (Wildman–Crippen LogP) is 2.22. The number of benzene rings is 1. The minimum atomic E-state index is -0.736. The first-order chi connectivity index (χ1) is 7.59. The molecule has 0 radical (unpaired) electrons. The predicted molar refractivity (Wildman–Crippen MR) is 63.8 cm³/mol. The van der Waals surface area contributed by atoms with E-state index in [4.69, 9.17) is 5.11 Å². The van der Waals surface area contributed by atoms with Crippen LogP contribution in [-0.4, -0.2) is 16.1 Å². The molecule has 0 atom stereocenters. The summed E-state index contributed by atoms with van der Waals surface area (Å²) in [6.07, 6.45) is 0. The van der Waals surface area contributed by atoms with Crippen LogP contribution in [0.15, 0.2) is 30.3 Å². The van der Waals surface area contributed by atoms with Gasteiger partial charge >= 0.3 is 5.97 Å². The zero-order valence-corrected chi connectivity index (χ0v) is 9.32. The molecule has 3 nitrogen and oxygen atoms in total. The second kappa shape index (κ2) is 3.93. The van der Waals surface area contributed by atoms with E-state index < -0.39 is 5.97 Å². The van der Waals surface area contributed by atoms with Crippen molar-refractivity contribution in [1.82, 2.24) is 4.98 Å². The van der Waals surface area contributed by atoms with E-state index in [9.17, 15) is 4.79 Å². The van der Waals surface area contributed by atoms with Gasteiger partial charge in [-0.25, -0.2) is 4.98 Å². The third-order valence-electron chi connectivity index (χ3n) is 2.61. The summed E-state index contributed by atoms with van der Waals surface area (Å²) in [6.45, 7) is 4.18. The summed E-state index contributed by atoms with van der Waals surface area (Å²) in [6, 6.07) is 9.41. The van der Waals surface area contributed by atoms with E-state index in [0.29, 0.717) is 5.92 Å².